The number of hydrogen-bond donors (Lipinski definition) is 1. The fraction of sp³-hybridized carbons (Fsp3) is 0.250. The number of nitrogens with one attached hydrogen (secondary N) is 1. The topological polar surface area (TPSA) is 40.2 Å². The third kappa shape index (κ3) is 4.76. The first-order valence-corrected chi connectivity index (χ1v) is 3.41. The van der Waals surface area contributed by atoms with Crippen molar-refractivity contribution in [2.24, 2.45) is 0 Å². The molecule has 0 radical (unpaired) electrons. The minimum absolute atomic E-state index is 0. The summed E-state index contributed by atoms with van der Waals surface area (Å²) >= 11 is 0. The number of anilines is 1. The average Bonchev–Trinajstić information content (AvgIpc) is 2.04. The Morgan fingerprint density at radius 3 is 2.29 bits per heavy atom. The molecule has 14 heavy (non-hydrogen) atoms. The van der Waals surface area contributed by atoms with Crippen molar-refractivity contribution in [3.8, 4) is 0 Å². The van der Waals surface area contributed by atoms with E-state index in [0.717, 1.165) is 11.3 Å². The average molecular weight is 284 g/mol. The summed E-state index contributed by atoms with van der Waals surface area (Å²) in [5.41, 5.74) is 2.55. The van der Waals surface area contributed by atoms with E-state index in [-0.39, 0.29) is 44.3 Å². The Hall–Kier alpha value is -0.357. The zero-order valence-electron chi connectivity index (χ0n) is 8.09. The minimum atomic E-state index is 0. The molecule has 0 spiro atoms. The van der Waals surface area contributed by atoms with Gasteiger partial charge in [-0.15, -0.1) is 0 Å². The van der Waals surface area contributed by atoms with Crippen LogP contribution in [0.4, 0.5) is 11.4 Å². The third-order valence-corrected chi connectivity index (χ3v) is 1.53. The van der Waals surface area contributed by atoms with Crippen LogP contribution in [0, 0.1) is 12.3 Å². The van der Waals surface area contributed by atoms with Crippen LogP contribution in [0.2, 0.25) is 0 Å². The van der Waals surface area contributed by atoms with Gasteiger partial charge in [-0.05, 0) is 18.6 Å². The molecule has 0 aliphatic heterocycles. The number of diazo groups is 1. The van der Waals surface area contributed by atoms with Gasteiger partial charge in [0.05, 0.1) is 0 Å². The van der Waals surface area contributed by atoms with Crippen molar-refractivity contribution in [3.63, 3.8) is 0 Å². The molecule has 1 N–H and O–H groups in total. The Bertz CT molecular complexity index is 312. The smallest absolute Gasteiger partial charge is 0.407 e. The Kier molecular flexibility index (Phi) is 12.7. The number of hydrogen-bond acceptors (Lipinski definition) is 2. The maximum Gasteiger partial charge on any atom is 0.407 e. The maximum absolute atomic E-state index is 8.53. The second-order valence-corrected chi connectivity index (χ2v) is 2.37. The van der Waals surface area contributed by atoms with Gasteiger partial charge in [-0.3, -0.25) is 0 Å². The summed E-state index contributed by atoms with van der Waals surface area (Å²) in [7, 11) is 1.80. The van der Waals surface area contributed by atoms with Crippen LogP contribution in [0.1, 0.15) is 5.56 Å². The van der Waals surface area contributed by atoms with Crippen LogP contribution < -0.4 is 30.1 Å². The maximum atomic E-state index is 8.53. The molecule has 0 aliphatic carbocycles. The SMILES string of the molecule is CNc1cc(C)ccc1[N+]#N.[Cl-].[Cl-].[Zn]. The van der Waals surface area contributed by atoms with Gasteiger partial charge in [0.25, 0.3) is 0 Å². The van der Waals surface area contributed by atoms with E-state index in [9.17, 15) is 0 Å². The monoisotopic (exact) mass is 282 g/mol. The number of nitrogens with zero attached hydrogens (tertiary/aromatic N) is 2. The van der Waals surface area contributed by atoms with E-state index < -0.39 is 0 Å². The van der Waals surface area contributed by atoms with Gasteiger partial charge >= 0.3 is 5.69 Å². The fourth-order valence-corrected chi connectivity index (χ4v) is 0.937. The molecule has 1 rings (SSSR count). The second-order valence-electron chi connectivity index (χ2n) is 2.37. The number of aryl methyl sites for hydroxylation is 1. The van der Waals surface area contributed by atoms with E-state index in [1.54, 1.807) is 13.1 Å². The number of rotatable bonds is 1. The molecule has 0 heterocycles. The second kappa shape index (κ2) is 9.21. The van der Waals surface area contributed by atoms with E-state index in [1.165, 1.54) is 0 Å². The van der Waals surface area contributed by atoms with Crippen LogP contribution in [-0.2, 0) is 19.5 Å². The summed E-state index contributed by atoms with van der Waals surface area (Å²) in [6, 6.07) is 5.59. The van der Waals surface area contributed by atoms with Crippen LogP contribution in [0.15, 0.2) is 18.2 Å². The molecule has 6 heteroatoms. The van der Waals surface area contributed by atoms with Crippen LogP contribution in [0.25, 0.3) is 4.98 Å². The van der Waals surface area contributed by atoms with Crippen LogP contribution in [0.3, 0.4) is 0 Å². The Balaban J connectivity index is -0.000000403. The predicted molar refractivity (Wildman–Crippen MR) is 45.5 cm³/mol. The van der Waals surface area contributed by atoms with Crippen molar-refractivity contribution >= 4 is 11.4 Å². The van der Waals surface area contributed by atoms with Gasteiger partial charge in [0.1, 0.15) is 5.69 Å². The van der Waals surface area contributed by atoms with Gasteiger partial charge in [0.2, 0.25) is 5.39 Å². The summed E-state index contributed by atoms with van der Waals surface area (Å²) in [6.07, 6.45) is 0. The van der Waals surface area contributed by atoms with E-state index in [0.29, 0.717) is 5.69 Å². The zero-order valence-corrected chi connectivity index (χ0v) is 12.6. The van der Waals surface area contributed by atoms with E-state index >= 15 is 0 Å². The first-order valence-electron chi connectivity index (χ1n) is 3.41. The minimum Gasteiger partial charge on any atom is -1.00 e. The normalized spacial score (nSPS) is 6.93. The summed E-state index contributed by atoms with van der Waals surface area (Å²) in [6.45, 7) is 1.99. The van der Waals surface area contributed by atoms with Crippen molar-refractivity contribution in [2.75, 3.05) is 12.4 Å². The molecule has 1 aromatic carbocycles. The Morgan fingerprint density at radius 2 is 1.86 bits per heavy atom. The largest absolute Gasteiger partial charge is 1.00 e. The molecular weight excluding hydrogens is 274 g/mol. The van der Waals surface area contributed by atoms with Crippen molar-refractivity contribution in [2.45, 2.75) is 6.92 Å². The van der Waals surface area contributed by atoms with Crippen molar-refractivity contribution < 1.29 is 44.3 Å². The van der Waals surface area contributed by atoms with Gasteiger partial charge in [-0.25, -0.2) is 0 Å². The van der Waals surface area contributed by atoms with Crippen LogP contribution in [-0.4, -0.2) is 7.05 Å². The molecule has 0 saturated heterocycles. The molecule has 0 bridgehead atoms. The molecule has 3 nitrogen and oxygen atoms in total. The van der Waals surface area contributed by atoms with Gasteiger partial charge in [0.15, 0.2) is 4.98 Å². The third-order valence-electron chi connectivity index (χ3n) is 1.53. The van der Waals surface area contributed by atoms with Crippen LogP contribution in [0.5, 0.6) is 0 Å². The summed E-state index contributed by atoms with van der Waals surface area (Å²) in [5.74, 6) is 0. The molecule has 0 atom stereocenters. The molecule has 74 valence electrons. The van der Waals surface area contributed by atoms with E-state index in [1.807, 2.05) is 19.1 Å². The van der Waals surface area contributed by atoms with E-state index in [4.69, 9.17) is 5.39 Å². The zero-order chi connectivity index (χ0) is 8.27. The standard InChI is InChI=1S/C8H10N3.2ClH.Zn/c1-6-3-4-7(11-9)8(5-6)10-2;;;/h3-5,10H,1-2H3;2*1H;/q+1;;;/p-2. The quantitative estimate of drug-likeness (QED) is 0.430. The van der Waals surface area contributed by atoms with Crippen molar-refractivity contribution in [3.05, 3.63) is 28.7 Å². The molecule has 1 aromatic rings. The van der Waals surface area contributed by atoms with Crippen molar-refractivity contribution in [1.82, 2.24) is 0 Å². The van der Waals surface area contributed by atoms with Gasteiger partial charge in [-0.1, -0.05) is 6.07 Å². The molecular formula is C8H10Cl2N3Zn-. The number of halogens is 2. The Morgan fingerprint density at radius 1 is 1.29 bits per heavy atom. The van der Waals surface area contributed by atoms with Gasteiger partial charge in [-0.2, -0.15) is 0 Å². The number of benzene rings is 1. The molecule has 0 unspecified atom stereocenters. The van der Waals surface area contributed by atoms with Crippen LogP contribution >= 0.6 is 0 Å². The molecule has 0 aromatic heterocycles. The first-order chi connectivity index (χ1) is 5.27. The summed E-state index contributed by atoms with van der Waals surface area (Å²) in [4.78, 5) is 3.12. The van der Waals surface area contributed by atoms with Gasteiger partial charge < -0.3 is 30.1 Å². The van der Waals surface area contributed by atoms with E-state index in [2.05, 4.69) is 10.3 Å². The van der Waals surface area contributed by atoms with Gasteiger partial charge in [0, 0.05) is 32.6 Å². The Labute approximate surface area is 109 Å². The predicted octanol–water partition coefficient (Wildman–Crippen LogP) is -3.47. The molecule has 0 aliphatic rings. The first kappa shape index (κ1) is 19.3. The van der Waals surface area contributed by atoms with Crippen molar-refractivity contribution in [1.29, 1.82) is 5.39 Å². The molecule has 0 fully saturated rings. The summed E-state index contributed by atoms with van der Waals surface area (Å²) in [5, 5.41) is 11.5. The fourth-order valence-electron chi connectivity index (χ4n) is 0.937. The molecule has 0 amide bonds. The summed E-state index contributed by atoms with van der Waals surface area (Å²) < 4.78 is 0. The molecule has 0 saturated carbocycles.